The summed E-state index contributed by atoms with van der Waals surface area (Å²) in [6.45, 7) is 1.74. The highest BCUT2D eigenvalue weighted by Gasteiger charge is 2.27. The second kappa shape index (κ2) is 3.73. The third kappa shape index (κ3) is 1.86. The van der Waals surface area contributed by atoms with Gasteiger partial charge < -0.3 is 20.0 Å². The van der Waals surface area contributed by atoms with E-state index < -0.39 is 6.09 Å². The Labute approximate surface area is 71.2 Å². The third-order valence-electron chi connectivity index (χ3n) is 2.14. The number of carbonyl (C=O) groups is 1. The van der Waals surface area contributed by atoms with Crippen LogP contribution in [0.25, 0.3) is 0 Å². The Kier molecular flexibility index (Phi) is 2.88. The minimum Gasteiger partial charge on any atom is -0.465 e. The summed E-state index contributed by atoms with van der Waals surface area (Å²) in [4.78, 5) is 13.9. The minimum atomic E-state index is -0.942. The van der Waals surface area contributed by atoms with Gasteiger partial charge in [-0.3, -0.25) is 0 Å². The van der Waals surface area contributed by atoms with Crippen molar-refractivity contribution in [2.45, 2.75) is 6.04 Å². The van der Waals surface area contributed by atoms with E-state index in [0.29, 0.717) is 13.1 Å². The molecule has 1 heterocycles. The molecule has 0 unspecified atom stereocenters. The maximum Gasteiger partial charge on any atom is 0.407 e. The van der Waals surface area contributed by atoms with Crippen molar-refractivity contribution in [2.75, 3.05) is 33.3 Å². The van der Waals surface area contributed by atoms with E-state index in [1.54, 1.807) is 0 Å². The van der Waals surface area contributed by atoms with Crippen LogP contribution in [0, 0.1) is 0 Å². The second-order valence-corrected chi connectivity index (χ2v) is 3.07. The fourth-order valence-electron chi connectivity index (χ4n) is 1.42. The molecule has 1 fully saturated rings. The van der Waals surface area contributed by atoms with Crippen molar-refractivity contribution in [3.05, 3.63) is 0 Å². The average molecular weight is 174 g/mol. The Balaban J connectivity index is 2.56. The van der Waals surface area contributed by atoms with Gasteiger partial charge in [0.15, 0.2) is 0 Å². The van der Waals surface area contributed by atoms with E-state index in [2.05, 4.69) is 0 Å². The molecule has 1 amide bonds. The maximum atomic E-state index is 10.6. The smallest absolute Gasteiger partial charge is 0.407 e. The largest absolute Gasteiger partial charge is 0.465 e. The van der Waals surface area contributed by atoms with Crippen LogP contribution in [0.4, 0.5) is 4.79 Å². The molecular weight excluding hydrogens is 160 g/mol. The summed E-state index contributed by atoms with van der Waals surface area (Å²) in [5.74, 6) is 0. The number of rotatable bonds is 1. The number of hydrogen-bond acceptors (Lipinski definition) is 3. The normalized spacial score (nSPS) is 25.8. The van der Waals surface area contributed by atoms with Crippen LogP contribution in [0.2, 0.25) is 0 Å². The van der Waals surface area contributed by atoms with E-state index >= 15 is 0 Å². The molecule has 5 nitrogen and oxygen atoms in total. The predicted octanol–water partition coefficient (Wildman–Crippen LogP) is -0.727. The van der Waals surface area contributed by atoms with Crippen LogP contribution < -0.4 is 0 Å². The van der Waals surface area contributed by atoms with Crippen molar-refractivity contribution in [3.63, 3.8) is 0 Å². The lowest BCUT2D eigenvalue weighted by Crippen LogP contribution is -2.55. The molecule has 5 heteroatoms. The number of piperazine rings is 1. The lowest BCUT2D eigenvalue weighted by Gasteiger charge is -2.37. The van der Waals surface area contributed by atoms with Crippen molar-refractivity contribution in [1.29, 1.82) is 0 Å². The molecule has 12 heavy (non-hydrogen) atoms. The predicted molar refractivity (Wildman–Crippen MR) is 43.1 cm³/mol. The van der Waals surface area contributed by atoms with E-state index in [4.69, 9.17) is 10.2 Å². The van der Waals surface area contributed by atoms with Gasteiger partial charge in [0, 0.05) is 19.6 Å². The van der Waals surface area contributed by atoms with Gasteiger partial charge in [0.1, 0.15) is 0 Å². The molecule has 2 N–H and O–H groups in total. The van der Waals surface area contributed by atoms with Crippen LogP contribution in [0.3, 0.4) is 0 Å². The summed E-state index contributed by atoms with van der Waals surface area (Å²) < 4.78 is 0. The number of amides is 1. The van der Waals surface area contributed by atoms with E-state index in [1.807, 2.05) is 11.9 Å². The number of aliphatic hydroxyl groups is 1. The first-order valence-corrected chi connectivity index (χ1v) is 3.94. The van der Waals surface area contributed by atoms with Gasteiger partial charge in [-0.05, 0) is 7.05 Å². The van der Waals surface area contributed by atoms with Gasteiger partial charge in [0.25, 0.3) is 0 Å². The van der Waals surface area contributed by atoms with Gasteiger partial charge in [-0.25, -0.2) is 4.79 Å². The first-order chi connectivity index (χ1) is 5.65. The lowest BCUT2D eigenvalue weighted by molar-refractivity contribution is 0.0504. The minimum absolute atomic E-state index is 0.101. The van der Waals surface area contributed by atoms with Crippen molar-refractivity contribution < 1.29 is 15.0 Å². The second-order valence-electron chi connectivity index (χ2n) is 3.07. The highest BCUT2D eigenvalue weighted by molar-refractivity contribution is 5.65. The molecular formula is C7H14N2O3. The van der Waals surface area contributed by atoms with Gasteiger partial charge in [0.2, 0.25) is 0 Å². The fraction of sp³-hybridized carbons (Fsp3) is 0.857. The molecule has 0 radical (unpaired) electrons. The van der Waals surface area contributed by atoms with E-state index in [9.17, 15) is 4.79 Å². The van der Waals surface area contributed by atoms with Crippen LogP contribution >= 0.6 is 0 Å². The highest BCUT2D eigenvalue weighted by atomic mass is 16.4. The molecule has 1 atom stereocenters. The van der Waals surface area contributed by atoms with Crippen LogP contribution in [0.1, 0.15) is 0 Å². The molecule has 0 spiro atoms. The molecule has 70 valence electrons. The SMILES string of the molecule is CN1CCN(C(=O)O)[C@H](CO)C1. The highest BCUT2D eigenvalue weighted by Crippen LogP contribution is 2.07. The molecule has 0 aromatic carbocycles. The van der Waals surface area contributed by atoms with Crippen molar-refractivity contribution >= 4 is 6.09 Å². The quantitative estimate of drug-likeness (QED) is 0.550. The Morgan fingerprint density at radius 1 is 1.58 bits per heavy atom. The number of aliphatic hydroxyl groups excluding tert-OH is 1. The van der Waals surface area contributed by atoms with E-state index in [0.717, 1.165) is 6.54 Å². The molecule has 0 aliphatic carbocycles. The molecule has 0 bridgehead atoms. The standard InChI is InChI=1S/C7H14N2O3/c1-8-2-3-9(7(11)12)6(4-8)5-10/h6,10H,2-5H2,1H3,(H,11,12)/t6-/m0/s1. The van der Waals surface area contributed by atoms with Gasteiger partial charge in [-0.2, -0.15) is 0 Å². The number of likely N-dealkylation sites (N-methyl/N-ethyl adjacent to an activating group) is 1. The monoisotopic (exact) mass is 174 g/mol. The summed E-state index contributed by atoms with van der Waals surface area (Å²) >= 11 is 0. The Bertz CT molecular complexity index is 174. The zero-order valence-corrected chi connectivity index (χ0v) is 7.10. The van der Waals surface area contributed by atoms with Crippen LogP contribution in [-0.2, 0) is 0 Å². The summed E-state index contributed by atoms with van der Waals surface area (Å²) in [7, 11) is 1.92. The summed E-state index contributed by atoms with van der Waals surface area (Å²) in [5, 5.41) is 17.6. The molecule has 0 saturated carbocycles. The van der Waals surface area contributed by atoms with Crippen LogP contribution in [0.5, 0.6) is 0 Å². The molecule has 1 aliphatic rings. The van der Waals surface area contributed by atoms with Gasteiger partial charge in [-0.1, -0.05) is 0 Å². The number of hydrogen-bond donors (Lipinski definition) is 2. The summed E-state index contributed by atoms with van der Waals surface area (Å²) in [5.41, 5.74) is 0. The van der Waals surface area contributed by atoms with E-state index in [1.165, 1.54) is 4.90 Å². The van der Waals surface area contributed by atoms with E-state index in [-0.39, 0.29) is 12.6 Å². The Morgan fingerprint density at radius 2 is 2.25 bits per heavy atom. The molecule has 0 aromatic heterocycles. The first-order valence-electron chi connectivity index (χ1n) is 3.94. The topological polar surface area (TPSA) is 64.0 Å². The number of nitrogens with zero attached hydrogens (tertiary/aromatic N) is 2. The lowest BCUT2D eigenvalue weighted by atomic mass is 10.2. The van der Waals surface area contributed by atoms with Crippen molar-refractivity contribution in [3.8, 4) is 0 Å². The molecule has 1 aliphatic heterocycles. The van der Waals surface area contributed by atoms with Crippen LogP contribution in [0.15, 0.2) is 0 Å². The molecule has 0 aromatic rings. The third-order valence-corrected chi connectivity index (χ3v) is 2.14. The van der Waals surface area contributed by atoms with Crippen molar-refractivity contribution in [2.24, 2.45) is 0 Å². The Morgan fingerprint density at radius 3 is 2.75 bits per heavy atom. The maximum absolute atomic E-state index is 10.6. The zero-order valence-electron chi connectivity index (χ0n) is 7.10. The molecule has 1 rings (SSSR count). The van der Waals surface area contributed by atoms with Crippen molar-refractivity contribution in [1.82, 2.24) is 9.80 Å². The van der Waals surface area contributed by atoms with Gasteiger partial charge in [0.05, 0.1) is 12.6 Å². The van der Waals surface area contributed by atoms with Gasteiger partial charge in [-0.15, -0.1) is 0 Å². The molecule has 1 saturated heterocycles. The van der Waals surface area contributed by atoms with Gasteiger partial charge >= 0.3 is 6.09 Å². The average Bonchev–Trinajstić information content (AvgIpc) is 2.03. The first kappa shape index (κ1) is 9.28. The summed E-state index contributed by atoms with van der Waals surface area (Å²) in [6, 6.07) is -0.263. The fourth-order valence-corrected chi connectivity index (χ4v) is 1.42. The number of carboxylic acid groups (broad SMARTS) is 1. The zero-order chi connectivity index (χ0) is 9.14. The Hall–Kier alpha value is -0.810. The summed E-state index contributed by atoms with van der Waals surface area (Å²) in [6.07, 6.45) is -0.942. The van der Waals surface area contributed by atoms with Crippen LogP contribution in [-0.4, -0.2) is 65.4 Å².